The molecule has 1 nitrogen and oxygen atoms in total. The fourth-order valence-corrected chi connectivity index (χ4v) is 2.85. The van der Waals surface area contributed by atoms with Gasteiger partial charge in [-0.1, -0.05) is 31.9 Å². The summed E-state index contributed by atoms with van der Waals surface area (Å²) in [5.74, 6) is 0. The van der Waals surface area contributed by atoms with E-state index in [1.54, 1.807) is 5.57 Å². The van der Waals surface area contributed by atoms with Crippen molar-refractivity contribution in [3.8, 4) is 0 Å². The van der Waals surface area contributed by atoms with Gasteiger partial charge in [-0.15, -0.1) is 0 Å². The van der Waals surface area contributed by atoms with Crippen LogP contribution in [0.15, 0.2) is 42.3 Å². The molecule has 1 aromatic rings. The van der Waals surface area contributed by atoms with Gasteiger partial charge in [0.15, 0.2) is 0 Å². The molecule has 0 saturated heterocycles. The highest BCUT2D eigenvalue weighted by Crippen LogP contribution is 2.56. The van der Waals surface area contributed by atoms with Crippen LogP contribution in [-0.2, 0) is 0 Å². The molecule has 0 unspecified atom stereocenters. The average molecular weight is 239 g/mol. The van der Waals surface area contributed by atoms with Crippen molar-refractivity contribution in [1.82, 2.24) is 4.98 Å². The van der Waals surface area contributed by atoms with Crippen molar-refractivity contribution in [2.45, 2.75) is 45.4 Å². The van der Waals surface area contributed by atoms with Crippen molar-refractivity contribution in [3.63, 3.8) is 0 Å². The van der Waals surface area contributed by atoms with Crippen LogP contribution < -0.4 is 0 Å². The summed E-state index contributed by atoms with van der Waals surface area (Å²) in [6.45, 7) is 2.27. The third-order valence-electron chi connectivity index (χ3n) is 4.11. The first kappa shape index (κ1) is 11.7. The number of unbranched alkanes of at least 4 members (excludes halogenated alkanes) is 2. The summed E-state index contributed by atoms with van der Waals surface area (Å²) < 4.78 is 0. The highest BCUT2D eigenvalue weighted by molar-refractivity contribution is 5.83. The number of nitrogens with zero attached hydrogens (tertiary/aromatic N) is 1. The molecule has 1 saturated carbocycles. The van der Waals surface area contributed by atoms with E-state index in [1.165, 1.54) is 49.7 Å². The quantitative estimate of drug-likeness (QED) is 0.675. The summed E-state index contributed by atoms with van der Waals surface area (Å²) in [6, 6.07) is 4.28. The Kier molecular flexibility index (Phi) is 3.07. The first-order valence-corrected chi connectivity index (χ1v) is 7.18. The van der Waals surface area contributed by atoms with Crippen molar-refractivity contribution in [2.24, 2.45) is 5.41 Å². The molecule has 0 atom stereocenters. The lowest BCUT2D eigenvalue weighted by molar-refractivity contribution is 0.718. The van der Waals surface area contributed by atoms with Crippen LogP contribution in [0.3, 0.4) is 0 Å². The lowest BCUT2D eigenvalue weighted by atomic mass is 9.97. The van der Waals surface area contributed by atoms with E-state index < -0.39 is 0 Å². The zero-order valence-corrected chi connectivity index (χ0v) is 11.2. The molecule has 1 fully saturated rings. The normalized spacial score (nSPS) is 19.8. The van der Waals surface area contributed by atoms with Crippen LogP contribution in [0.1, 0.15) is 51.0 Å². The van der Waals surface area contributed by atoms with Gasteiger partial charge in [0.25, 0.3) is 0 Å². The van der Waals surface area contributed by atoms with Gasteiger partial charge in [-0.25, -0.2) is 0 Å². The second-order valence-electron chi connectivity index (χ2n) is 5.65. The maximum atomic E-state index is 4.12. The maximum absolute atomic E-state index is 4.12. The predicted octanol–water partition coefficient (Wildman–Crippen LogP) is 4.77. The zero-order chi connectivity index (χ0) is 12.4. The Morgan fingerprint density at radius 2 is 1.89 bits per heavy atom. The fraction of sp³-hybridized carbons (Fsp3) is 0.471. The number of hydrogen-bond acceptors (Lipinski definition) is 1. The Hall–Kier alpha value is -1.37. The van der Waals surface area contributed by atoms with E-state index in [1.807, 2.05) is 12.4 Å². The molecule has 0 aromatic carbocycles. The minimum absolute atomic E-state index is 0.445. The molecule has 0 aliphatic heterocycles. The molecule has 0 bridgehead atoms. The first-order chi connectivity index (χ1) is 8.83. The molecule has 2 aliphatic rings. The summed E-state index contributed by atoms with van der Waals surface area (Å²) in [6.07, 6.45) is 16.7. The average Bonchev–Trinajstić information content (AvgIpc) is 3.05. The van der Waals surface area contributed by atoms with Gasteiger partial charge in [-0.3, -0.25) is 4.98 Å². The topological polar surface area (TPSA) is 12.9 Å². The van der Waals surface area contributed by atoms with Gasteiger partial charge in [0.1, 0.15) is 0 Å². The standard InChI is InChI=1S/C17H21N/c1-2-3-4-5-15-12-17(8-9-17)13-16(15)14-6-10-18-11-7-14/h6-7,10-13H,2-5,8-9H2,1H3. The molecule has 1 aromatic heterocycles. The third kappa shape index (κ3) is 2.27. The summed E-state index contributed by atoms with van der Waals surface area (Å²) in [7, 11) is 0. The number of pyridine rings is 1. The van der Waals surface area contributed by atoms with E-state index in [9.17, 15) is 0 Å². The monoisotopic (exact) mass is 239 g/mol. The Labute approximate surface area is 110 Å². The summed E-state index contributed by atoms with van der Waals surface area (Å²) in [4.78, 5) is 4.12. The molecular weight excluding hydrogens is 218 g/mol. The predicted molar refractivity (Wildman–Crippen MR) is 76.1 cm³/mol. The number of rotatable bonds is 5. The second kappa shape index (κ2) is 4.72. The number of aromatic nitrogens is 1. The molecule has 3 rings (SSSR count). The number of hydrogen-bond donors (Lipinski definition) is 0. The van der Waals surface area contributed by atoms with Crippen LogP contribution in [0.2, 0.25) is 0 Å². The Morgan fingerprint density at radius 3 is 2.56 bits per heavy atom. The van der Waals surface area contributed by atoms with E-state index in [2.05, 4.69) is 36.2 Å². The fourth-order valence-electron chi connectivity index (χ4n) is 2.85. The van der Waals surface area contributed by atoms with Crippen LogP contribution in [0, 0.1) is 5.41 Å². The lowest BCUT2D eigenvalue weighted by Gasteiger charge is -2.08. The highest BCUT2D eigenvalue weighted by Gasteiger charge is 2.42. The van der Waals surface area contributed by atoms with Gasteiger partial charge in [-0.2, -0.15) is 0 Å². The molecule has 1 heteroatoms. The van der Waals surface area contributed by atoms with Crippen molar-refractivity contribution in [1.29, 1.82) is 0 Å². The van der Waals surface area contributed by atoms with E-state index >= 15 is 0 Å². The summed E-state index contributed by atoms with van der Waals surface area (Å²) in [5.41, 5.74) is 4.84. The van der Waals surface area contributed by atoms with Crippen LogP contribution >= 0.6 is 0 Å². The highest BCUT2D eigenvalue weighted by atomic mass is 14.6. The van der Waals surface area contributed by atoms with E-state index in [0.717, 1.165) is 0 Å². The van der Waals surface area contributed by atoms with Gasteiger partial charge >= 0.3 is 0 Å². The molecule has 2 aliphatic carbocycles. The summed E-state index contributed by atoms with van der Waals surface area (Å²) >= 11 is 0. The Bertz CT molecular complexity index is 478. The SMILES string of the molecule is CCCCCC1=CC2(C=C1c1ccncc1)CC2. The second-order valence-corrected chi connectivity index (χ2v) is 5.65. The molecule has 1 heterocycles. The lowest BCUT2D eigenvalue weighted by Crippen LogP contribution is -1.88. The van der Waals surface area contributed by atoms with Crippen LogP contribution in [0.5, 0.6) is 0 Å². The molecule has 0 N–H and O–H groups in total. The van der Waals surface area contributed by atoms with E-state index in [0.29, 0.717) is 5.41 Å². The first-order valence-electron chi connectivity index (χ1n) is 7.18. The van der Waals surface area contributed by atoms with Gasteiger partial charge in [0.2, 0.25) is 0 Å². The van der Waals surface area contributed by atoms with Gasteiger partial charge < -0.3 is 0 Å². The van der Waals surface area contributed by atoms with Crippen LogP contribution in [0.4, 0.5) is 0 Å². The van der Waals surface area contributed by atoms with Crippen LogP contribution in [-0.4, -0.2) is 4.98 Å². The van der Waals surface area contributed by atoms with Gasteiger partial charge in [-0.05, 0) is 54.5 Å². The van der Waals surface area contributed by atoms with E-state index in [4.69, 9.17) is 0 Å². The van der Waals surface area contributed by atoms with Gasteiger partial charge in [0.05, 0.1) is 0 Å². The van der Waals surface area contributed by atoms with Crippen molar-refractivity contribution < 1.29 is 0 Å². The minimum Gasteiger partial charge on any atom is -0.265 e. The third-order valence-corrected chi connectivity index (χ3v) is 4.11. The molecular formula is C17H21N. The summed E-state index contributed by atoms with van der Waals surface area (Å²) in [5, 5.41) is 0. The molecule has 18 heavy (non-hydrogen) atoms. The smallest absolute Gasteiger partial charge is 0.0273 e. The van der Waals surface area contributed by atoms with E-state index in [-0.39, 0.29) is 0 Å². The van der Waals surface area contributed by atoms with Crippen molar-refractivity contribution in [2.75, 3.05) is 0 Å². The molecule has 1 spiro atoms. The number of allylic oxidation sites excluding steroid dienone is 4. The molecule has 94 valence electrons. The Morgan fingerprint density at radius 1 is 1.11 bits per heavy atom. The van der Waals surface area contributed by atoms with Crippen molar-refractivity contribution >= 4 is 5.57 Å². The maximum Gasteiger partial charge on any atom is 0.0273 e. The van der Waals surface area contributed by atoms with Gasteiger partial charge in [0, 0.05) is 17.8 Å². The van der Waals surface area contributed by atoms with Crippen LogP contribution in [0.25, 0.3) is 5.57 Å². The largest absolute Gasteiger partial charge is 0.265 e. The zero-order valence-electron chi connectivity index (χ0n) is 11.2. The Balaban J connectivity index is 1.81. The van der Waals surface area contributed by atoms with Crippen molar-refractivity contribution in [3.05, 3.63) is 47.8 Å². The minimum atomic E-state index is 0.445. The molecule has 0 radical (unpaired) electrons. The molecule has 0 amide bonds.